The lowest BCUT2D eigenvalue weighted by molar-refractivity contribution is 0.229. The summed E-state index contributed by atoms with van der Waals surface area (Å²) in [6.45, 7) is 0.948. The third-order valence-corrected chi connectivity index (χ3v) is 5.15. The van der Waals surface area contributed by atoms with E-state index in [1.54, 1.807) is 12.1 Å². The monoisotopic (exact) mass is 355 g/mol. The number of hydrogen-bond acceptors (Lipinski definition) is 2. The number of benzene rings is 2. The van der Waals surface area contributed by atoms with Gasteiger partial charge in [-0.3, -0.25) is 4.90 Å². The molecule has 0 amide bonds. The smallest absolute Gasteiger partial charge is 0.134 e. The van der Waals surface area contributed by atoms with Gasteiger partial charge in [-0.2, -0.15) is 0 Å². The van der Waals surface area contributed by atoms with Crippen molar-refractivity contribution in [2.24, 2.45) is 0 Å². The molecule has 1 aliphatic rings. The third kappa shape index (κ3) is 3.07. The molecule has 22 heavy (non-hydrogen) atoms. The van der Waals surface area contributed by atoms with Gasteiger partial charge in [-0.25, -0.2) is 0 Å². The largest absolute Gasteiger partial charge is 0.506 e. The van der Waals surface area contributed by atoms with Crippen LogP contribution in [0.3, 0.4) is 0 Å². The van der Waals surface area contributed by atoms with E-state index in [2.05, 4.69) is 11.9 Å². The number of hydrogen-bond donors (Lipinski definition) is 1. The fourth-order valence-electron chi connectivity index (χ4n) is 3.00. The number of fused-ring (bicyclic) bond motifs is 1. The van der Waals surface area contributed by atoms with Gasteiger partial charge in [0.2, 0.25) is 0 Å². The average molecular weight is 357 g/mol. The zero-order valence-electron chi connectivity index (χ0n) is 12.1. The van der Waals surface area contributed by atoms with Gasteiger partial charge in [0.1, 0.15) is 5.75 Å². The van der Waals surface area contributed by atoms with E-state index in [0.717, 1.165) is 30.5 Å². The number of phenols is 1. The summed E-state index contributed by atoms with van der Waals surface area (Å²) in [7, 11) is 2.09. The molecule has 1 heterocycles. The maximum absolute atomic E-state index is 9.94. The van der Waals surface area contributed by atoms with Crippen LogP contribution in [0.1, 0.15) is 22.7 Å². The Kier molecular flexibility index (Phi) is 4.56. The maximum Gasteiger partial charge on any atom is 0.134 e. The summed E-state index contributed by atoms with van der Waals surface area (Å²) >= 11 is 18.3. The predicted octanol–water partition coefficient (Wildman–Crippen LogP) is 5.12. The van der Waals surface area contributed by atoms with Crippen LogP contribution in [-0.4, -0.2) is 23.6 Å². The zero-order chi connectivity index (χ0) is 15.9. The molecule has 116 valence electrons. The number of halogens is 3. The highest BCUT2D eigenvalue weighted by molar-refractivity contribution is 6.35. The van der Waals surface area contributed by atoms with Crippen molar-refractivity contribution in [3.05, 3.63) is 62.1 Å². The minimum atomic E-state index is 0.128. The quantitative estimate of drug-likeness (QED) is 0.807. The Bertz CT molecular complexity index is 717. The van der Waals surface area contributed by atoms with Gasteiger partial charge in [0.15, 0.2) is 0 Å². The van der Waals surface area contributed by atoms with Crippen molar-refractivity contribution in [3.63, 3.8) is 0 Å². The maximum atomic E-state index is 9.94. The molecule has 0 radical (unpaired) electrons. The van der Waals surface area contributed by atoms with E-state index >= 15 is 0 Å². The number of phenolic OH excluding ortho intramolecular Hbond substituents is 1. The van der Waals surface area contributed by atoms with Crippen LogP contribution in [0.15, 0.2) is 30.3 Å². The van der Waals surface area contributed by atoms with Crippen molar-refractivity contribution in [2.45, 2.75) is 18.9 Å². The lowest BCUT2D eigenvalue weighted by atomic mass is 9.89. The normalized spacial score (nSPS) is 18.3. The van der Waals surface area contributed by atoms with Crippen LogP contribution in [-0.2, 0) is 12.8 Å². The Hall–Kier alpha value is -0.930. The standard InChI is InChI=1S/C17H16Cl3NO/c1-21-5-4-10-6-15(20)17(22)9-13(10)16(21)7-11-2-3-12(18)8-14(11)19/h2-3,6,8-9,16,22H,4-5,7H2,1H3. The van der Waals surface area contributed by atoms with E-state index in [1.165, 1.54) is 5.56 Å². The third-order valence-electron chi connectivity index (χ3n) is 4.26. The molecule has 0 aromatic heterocycles. The topological polar surface area (TPSA) is 23.5 Å². The summed E-state index contributed by atoms with van der Waals surface area (Å²) in [5, 5.41) is 11.7. The first-order chi connectivity index (χ1) is 10.5. The number of likely N-dealkylation sites (N-methyl/N-ethyl adjacent to an activating group) is 1. The highest BCUT2D eigenvalue weighted by atomic mass is 35.5. The lowest BCUT2D eigenvalue weighted by Gasteiger charge is -2.35. The number of aromatic hydroxyl groups is 1. The Balaban J connectivity index is 1.98. The van der Waals surface area contributed by atoms with Gasteiger partial charge >= 0.3 is 0 Å². The molecule has 2 aromatic rings. The molecule has 1 N–H and O–H groups in total. The fraction of sp³-hybridized carbons (Fsp3) is 0.294. The number of nitrogens with zero attached hydrogens (tertiary/aromatic N) is 1. The van der Waals surface area contributed by atoms with E-state index < -0.39 is 0 Å². The zero-order valence-corrected chi connectivity index (χ0v) is 14.4. The van der Waals surface area contributed by atoms with Gasteiger partial charge in [0, 0.05) is 22.6 Å². The fourth-order valence-corrected chi connectivity index (χ4v) is 3.67. The molecule has 2 aromatic carbocycles. The number of rotatable bonds is 2. The van der Waals surface area contributed by atoms with Gasteiger partial charge in [-0.15, -0.1) is 0 Å². The van der Waals surface area contributed by atoms with Crippen LogP contribution in [0.4, 0.5) is 0 Å². The van der Waals surface area contributed by atoms with Crippen LogP contribution >= 0.6 is 34.8 Å². The van der Waals surface area contributed by atoms with E-state index in [4.69, 9.17) is 34.8 Å². The van der Waals surface area contributed by atoms with E-state index in [0.29, 0.717) is 15.1 Å². The summed E-state index contributed by atoms with van der Waals surface area (Å²) < 4.78 is 0. The second-order valence-electron chi connectivity index (χ2n) is 5.69. The molecular weight excluding hydrogens is 341 g/mol. The first-order valence-electron chi connectivity index (χ1n) is 7.11. The van der Waals surface area contributed by atoms with Crippen molar-refractivity contribution in [1.82, 2.24) is 4.90 Å². The first kappa shape index (κ1) is 15.9. The Morgan fingerprint density at radius 2 is 1.91 bits per heavy atom. The average Bonchev–Trinajstić information content (AvgIpc) is 2.46. The van der Waals surface area contributed by atoms with Gasteiger partial charge in [-0.05, 0) is 60.8 Å². The molecule has 0 saturated carbocycles. The molecule has 0 saturated heterocycles. The molecular formula is C17H16Cl3NO. The van der Waals surface area contributed by atoms with Crippen molar-refractivity contribution in [1.29, 1.82) is 0 Å². The summed E-state index contributed by atoms with van der Waals surface area (Å²) in [6.07, 6.45) is 1.69. The molecule has 1 unspecified atom stereocenters. The Morgan fingerprint density at radius 3 is 2.64 bits per heavy atom. The Labute approximate surface area is 145 Å². The predicted molar refractivity (Wildman–Crippen MR) is 92.4 cm³/mol. The van der Waals surface area contributed by atoms with Gasteiger partial charge in [0.05, 0.1) is 5.02 Å². The second kappa shape index (κ2) is 6.29. The minimum absolute atomic E-state index is 0.128. The first-order valence-corrected chi connectivity index (χ1v) is 8.24. The molecule has 1 aliphatic heterocycles. The van der Waals surface area contributed by atoms with Crippen LogP contribution < -0.4 is 0 Å². The van der Waals surface area contributed by atoms with Crippen molar-refractivity contribution in [2.75, 3.05) is 13.6 Å². The van der Waals surface area contributed by atoms with Crippen LogP contribution in [0.5, 0.6) is 5.75 Å². The Morgan fingerprint density at radius 1 is 1.14 bits per heavy atom. The van der Waals surface area contributed by atoms with Crippen molar-refractivity contribution < 1.29 is 5.11 Å². The molecule has 0 aliphatic carbocycles. The van der Waals surface area contributed by atoms with Crippen molar-refractivity contribution in [3.8, 4) is 5.75 Å². The van der Waals surface area contributed by atoms with Crippen LogP contribution in [0, 0.1) is 0 Å². The highest BCUT2D eigenvalue weighted by Gasteiger charge is 2.26. The van der Waals surface area contributed by atoms with Gasteiger partial charge in [0.25, 0.3) is 0 Å². The summed E-state index contributed by atoms with van der Waals surface area (Å²) in [6, 6.07) is 9.39. The van der Waals surface area contributed by atoms with Crippen LogP contribution in [0.25, 0.3) is 0 Å². The van der Waals surface area contributed by atoms with E-state index in [9.17, 15) is 5.11 Å². The molecule has 0 spiro atoms. The molecule has 2 nitrogen and oxygen atoms in total. The highest BCUT2D eigenvalue weighted by Crippen LogP contribution is 2.38. The SMILES string of the molecule is CN1CCc2cc(Cl)c(O)cc2C1Cc1ccc(Cl)cc1Cl. The molecule has 5 heteroatoms. The van der Waals surface area contributed by atoms with E-state index in [1.807, 2.05) is 18.2 Å². The minimum Gasteiger partial charge on any atom is -0.506 e. The molecule has 1 atom stereocenters. The molecule has 0 bridgehead atoms. The summed E-state index contributed by atoms with van der Waals surface area (Å²) in [4.78, 5) is 2.28. The second-order valence-corrected chi connectivity index (χ2v) is 6.94. The van der Waals surface area contributed by atoms with Crippen LogP contribution in [0.2, 0.25) is 15.1 Å². The van der Waals surface area contributed by atoms with Gasteiger partial charge in [-0.1, -0.05) is 40.9 Å². The summed E-state index contributed by atoms with van der Waals surface area (Å²) in [5.41, 5.74) is 3.35. The summed E-state index contributed by atoms with van der Waals surface area (Å²) in [5.74, 6) is 0.128. The lowest BCUT2D eigenvalue weighted by Crippen LogP contribution is -2.33. The van der Waals surface area contributed by atoms with Gasteiger partial charge < -0.3 is 5.11 Å². The van der Waals surface area contributed by atoms with Crippen molar-refractivity contribution >= 4 is 34.8 Å². The molecule has 3 rings (SSSR count). The van der Waals surface area contributed by atoms with E-state index in [-0.39, 0.29) is 11.8 Å². The molecule has 0 fully saturated rings.